The number of halogens is 3. The lowest BCUT2D eigenvalue weighted by molar-refractivity contribution is 0.151. The summed E-state index contributed by atoms with van der Waals surface area (Å²) in [5, 5.41) is 0. The van der Waals surface area contributed by atoms with E-state index < -0.39 is 6.43 Å². The number of nitrogens with zero attached hydrogens (tertiary/aromatic N) is 1. The van der Waals surface area contributed by atoms with E-state index in [1.165, 1.54) is 18.2 Å². The number of aryl methyl sites for hydroxylation is 1. The van der Waals surface area contributed by atoms with E-state index in [-0.39, 0.29) is 11.1 Å². The van der Waals surface area contributed by atoms with Crippen LogP contribution in [0.3, 0.4) is 0 Å². The first-order chi connectivity index (χ1) is 9.52. The molecule has 0 fully saturated rings. The average Bonchev–Trinajstić information content (AvgIpc) is 2.44. The molecule has 0 saturated heterocycles. The summed E-state index contributed by atoms with van der Waals surface area (Å²) >= 11 is 3.20. The van der Waals surface area contributed by atoms with Crippen LogP contribution in [0.4, 0.5) is 8.78 Å². The fourth-order valence-electron chi connectivity index (χ4n) is 1.87. The molecule has 0 aliphatic carbocycles. The molecule has 2 rings (SSSR count). The molecule has 3 nitrogen and oxygen atoms in total. The van der Waals surface area contributed by atoms with E-state index in [0.29, 0.717) is 28.0 Å². The van der Waals surface area contributed by atoms with E-state index in [1.807, 2.05) is 6.92 Å². The van der Waals surface area contributed by atoms with Gasteiger partial charge in [0.15, 0.2) is 0 Å². The van der Waals surface area contributed by atoms with E-state index in [4.69, 9.17) is 0 Å². The van der Waals surface area contributed by atoms with Gasteiger partial charge in [0.05, 0.1) is 5.69 Å². The van der Waals surface area contributed by atoms with E-state index in [1.54, 1.807) is 6.07 Å². The molecular formula is C14H13BrF2N2O. The zero-order valence-corrected chi connectivity index (χ0v) is 12.4. The van der Waals surface area contributed by atoms with Crippen LogP contribution < -0.4 is 5.56 Å². The molecule has 2 aromatic rings. The Kier molecular flexibility index (Phi) is 4.65. The van der Waals surface area contributed by atoms with Crippen LogP contribution in [0.1, 0.15) is 31.0 Å². The summed E-state index contributed by atoms with van der Waals surface area (Å²) in [5.41, 5.74) is 0.712. The molecular weight excluding hydrogens is 330 g/mol. The van der Waals surface area contributed by atoms with Gasteiger partial charge in [0.25, 0.3) is 12.0 Å². The molecule has 0 amide bonds. The molecule has 1 N–H and O–H groups in total. The zero-order valence-electron chi connectivity index (χ0n) is 10.8. The van der Waals surface area contributed by atoms with Crippen LogP contribution in [0.15, 0.2) is 33.5 Å². The number of hydrogen-bond acceptors (Lipinski definition) is 2. The second-order valence-electron chi connectivity index (χ2n) is 4.35. The molecule has 0 bridgehead atoms. The number of H-pyrrole nitrogens is 1. The second-order valence-corrected chi connectivity index (χ2v) is 5.14. The molecule has 0 unspecified atom stereocenters. The van der Waals surface area contributed by atoms with Gasteiger partial charge in [-0.05, 0) is 28.4 Å². The lowest BCUT2D eigenvalue weighted by Crippen LogP contribution is -2.13. The van der Waals surface area contributed by atoms with Gasteiger partial charge in [0.2, 0.25) is 0 Å². The largest absolute Gasteiger partial charge is 0.306 e. The molecule has 106 valence electrons. The fraction of sp³-hybridized carbons (Fsp3) is 0.286. The van der Waals surface area contributed by atoms with Crippen LogP contribution in [0.5, 0.6) is 0 Å². The Morgan fingerprint density at radius 3 is 2.80 bits per heavy atom. The Bertz CT molecular complexity index is 670. The molecule has 0 spiro atoms. The molecule has 1 heterocycles. The Morgan fingerprint density at radius 1 is 1.40 bits per heavy atom. The Morgan fingerprint density at radius 2 is 2.15 bits per heavy atom. The second kappa shape index (κ2) is 6.26. The lowest BCUT2D eigenvalue weighted by Gasteiger charge is -2.07. The van der Waals surface area contributed by atoms with Gasteiger partial charge < -0.3 is 4.98 Å². The van der Waals surface area contributed by atoms with E-state index >= 15 is 0 Å². The first-order valence-electron chi connectivity index (χ1n) is 6.20. The minimum Gasteiger partial charge on any atom is -0.306 e. The van der Waals surface area contributed by atoms with Crippen molar-refractivity contribution in [1.29, 1.82) is 0 Å². The number of hydrogen-bond donors (Lipinski definition) is 1. The summed E-state index contributed by atoms with van der Waals surface area (Å²) in [7, 11) is 0. The minimum absolute atomic E-state index is 0.0925. The van der Waals surface area contributed by atoms with Gasteiger partial charge in [0.1, 0.15) is 10.3 Å². The van der Waals surface area contributed by atoms with Crippen LogP contribution >= 0.6 is 15.9 Å². The first-order valence-corrected chi connectivity index (χ1v) is 6.99. The summed E-state index contributed by atoms with van der Waals surface area (Å²) in [4.78, 5) is 18.8. The molecule has 1 aromatic heterocycles. The van der Waals surface area contributed by atoms with Crippen LogP contribution in [0.2, 0.25) is 0 Å². The molecule has 6 heteroatoms. The molecule has 0 saturated carbocycles. The summed E-state index contributed by atoms with van der Waals surface area (Å²) in [6, 6.07) is 5.86. The summed E-state index contributed by atoms with van der Waals surface area (Å²) < 4.78 is 25.8. The van der Waals surface area contributed by atoms with Gasteiger partial charge in [-0.2, -0.15) is 0 Å². The van der Waals surface area contributed by atoms with Crippen LogP contribution in [-0.4, -0.2) is 9.97 Å². The number of rotatable bonds is 4. The van der Waals surface area contributed by atoms with Gasteiger partial charge in [-0.25, -0.2) is 13.8 Å². The average molecular weight is 343 g/mol. The highest BCUT2D eigenvalue weighted by Gasteiger charge is 2.12. The van der Waals surface area contributed by atoms with Crippen molar-refractivity contribution in [2.75, 3.05) is 0 Å². The van der Waals surface area contributed by atoms with Crippen LogP contribution in [0, 0.1) is 0 Å². The third kappa shape index (κ3) is 3.12. The topological polar surface area (TPSA) is 45.8 Å². The van der Waals surface area contributed by atoms with Crippen molar-refractivity contribution < 1.29 is 8.78 Å². The first kappa shape index (κ1) is 14.8. The Labute approximate surface area is 123 Å². The minimum atomic E-state index is -2.55. The van der Waals surface area contributed by atoms with Crippen molar-refractivity contribution in [3.05, 3.63) is 50.3 Å². The highest BCUT2D eigenvalue weighted by molar-refractivity contribution is 9.10. The fourth-order valence-corrected chi connectivity index (χ4v) is 2.25. The summed E-state index contributed by atoms with van der Waals surface area (Å²) in [6.07, 6.45) is -1.07. The number of benzene rings is 1. The highest BCUT2D eigenvalue weighted by Crippen LogP contribution is 2.24. The van der Waals surface area contributed by atoms with Crippen LogP contribution in [-0.2, 0) is 6.42 Å². The lowest BCUT2D eigenvalue weighted by atomic mass is 10.1. The van der Waals surface area contributed by atoms with Gasteiger partial charge in [-0.3, -0.25) is 4.79 Å². The smallest absolute Gasteiger partial charge is 0.265 e. The number of alkyl halides is 2. The summed E-state index contributed by atoms with van der Waals surface area (Å²) in [5.74, 6) is 0.309. The Hall–Kier alpha value is -1.56. The molecule has 0 radical (unpaired) electrons. The van der Waals surface area contributed by atoms with Gasteiger partial charge in [0, 0.05) is 11.1 Å². The molecule has 20 heavy (non-hydrogen) atoms. The van der Waals surface area contributed by atoms with Crippen molar-refractivity contribution in [1.82, 2.24) is 9.97 Å². The highest BCUT2D eigenvalue weighted by atomic mass is 79.9. The number of aromatic nitrogens is 2. The standard InChI is InChI=1S/C14H13BrF2N2O/c1-2-4-10-11(15)14(20)19-13(18-10)9-6-3-5-8(7-9)12(16)17/h3,5-7,12H,2,4H2,1H3,(H,18,19,20). The van der Waals surface area contributed by atoms with E-state index in [9.17, 15) is 13.6 Å². The van der Waals surface area contributed by atoms with Crippen molar-refractivity contribution in [2.24, 2.45) is 0 Å². The van der Waals surface area contributed by atoms with Gasteiger partial charge in [-0.1, -0.05) is 31.5 Å². The number of aromatic amines is 1. The predicted molar refractivity (Wildman–Crippen MR) is 76.9 cm³/mol. The van der Waals surface area contributed by atoms with E-state index in [2.05, 4.69) is 25.9 Å². The third-order valence-electron chi connectivity index (χ3n) is 2.83. The van der Waals surface area contributed by atoms with Crippen LogP contribution in [0.25, 0.3) is 11.4 Å². The molecule has 0 aliphatic heterocycles. The van der Waals surface area contributed by atoms with Crippen molar-refractivity contribution in [3.8, 4) is 11.4 Å². The third-order valence-corrected chi connectivity index (χ3v) is 3.65. The zero-order chi connectivity index (χ0) is 14.7. The van der Waals surface area contributed by atoms with Crippen molar-refractivity contribution in [2.45, 2.75) is 26.2 Å². The SMILES string of the molecule is CCCc1nc(-c2cccc(C(F)F)c2)[nH]c(=O)c1Br. The van der Waals surface area contributed by atoms with E-state index in [0.717, 1.165) is 6.42 Å². The normalized spacial score (nSPS) is 11.1. The van der Waals surface area contributed by atoms with Crippen molar-refractivity contribution >= 4 is 15.9 Å². The maximum atomic E-state index is 12.7. The Balaban J connectivity index is 2.52. The monoisotopic (exact) mass is 342 g/mol. The van der Waals surface area contributed by atoms with Crippen molar-refractivity contribution in [3.63, 3.8) is 0 Å². The van der Waals surface area contributed by atoms with Gasteiger partial charge >= 0.3 is 0 Å². The summed E-state index contributed by atoms with van der Waals surface area (Å²) in [6.45, 7) is 1.98. The number of nitrogens with one attached hydrogen (secondary N) is 1. The molecule has 0 atom stereocenters. The van der Waals surface area contributed by atoms with Gasteiger partial charge in [-0.15, -0.1) is 0 Å². The molecule has 0 aliphatic rings. The molecule has 1 aromatic carbocycles. The quantitative estimate of drug-likeness (QED) is 0.909. The maximum absolute atomic E-state index is 12.7. The maximum Gasteiger partial charge on any atom is 0.265 e. The predicted octanol–water partition coefficient (Wildman–Crippen LogP) is 4.09.